The van der Waals surface area contributed by atoms with Gasteiger partial charge < -0.3 is 0 Å². The smallest absolute Gasteiger partial charge is 0.258 e. The predicted molar refractivity (Wildman–Crippen MR) is 61.7 cm³/mol. The van der Waals surface area contributed by atoms with Gasteiger partial charge in [-0.2, -0.15) is 0 Å². The Labute approximate surface area is 101 Å². The number of rotatable bonds is 3. The van der Waals surface area contributed by atoms with Crippen molar-refractivity contribution in [3.05, 3.63) is 0 Å². The average molecular weight is 259 g/mol. The van der Waals surface area contributed by atoms with Gasteiger partial charge in [-0.3, -0.25) is 9.59 Å². The Balaban J connectivity index is 1.98. The van der Waals surface area contributed by atoms with Crippen LogP contribution in [0.15, 0.2) is 0 Å². The van der Waals surface area contributed by atoms with Crippen molar-refractivity contribution in [3.8, 4) is 0 Å². The highest BCUT2D eigenvalue weighted by molar-refractivity contribution is 7.94. The molecule has 0 aromatic rings. The van der Waals surface area contributed by atoms with E-state index < -0.39 is 14.8 Å². The molecule has 2 fully saturated rings. The molecule has 1 heterocycles. The largest absolute Gasteiger partial charge is 0.299 e. The van der Waals surface area contributed by atoms with E-state index in [1.165, 1.54) is 13.8 Å². The Hall–Kier alpha value is -0.910. The maximum Gasteiger partial charge on any atom is 0.258 e. The van der Waals surface area contributed by atoms with Crippen molar-refractivity contribution in [1.29, 1.82) is 0 Å². The second-order valence-corrected chi connectivity index (χ2v) is 7.65. The lowest BCUT2D eigenvalue weighted by atomic mass is 10.0. The third-order valence-corrected chi connectivity index (χ3v) is 6.18. The zero-order valence-electron chi connectivity index (χ0n) is 10.1. The minimum Gasteiger partial charge on any atom is -0.299 e. The van der Waals surface area contributed by atoms with E-state index in [0.29, 0.717) is 12.8 Å². The van der Waals surface area contributed by atoms with Crippen LogP contribution < -0.4 is 0 Å². The van der Waals surface area contributed by atoms with E-state index >= 15 is 0 Å². The lowest BCUT2D eigenvalue weighted by Crippen LogP contribution is -2.67. The molecule has 2 rings (SSSR count). The third-order valence-electron chi connectivity index (χ3n) is 3.79. The molecule has 0 aromatic heterocycles. The highest BCUT2D eigenvalue weighted by atomic mass is 32.2. The lowest BCUT2D eigenvalue weighted by Gasteiger charge is -2.43. The summed E-state index contributed by atoms with van der Waals surface area (Å²) in [6.07, 6.45) is 2.77. The van der Waals surface area contributed by atoms with Crippen LogP contribution in [0.25, 0.3) is 0 Å². The van der Waals surface area contributed by atoms with Crippen LogP contribution in [0.2, 0.25) is 0 Å². The number of sulfonamides is 1. The molecule has 0 bridgehead atoms. The molecule has 1 atom stereocenters. The zero-order valence-corrected chi connectivity index (χ0v) is 10.9. The van der Waals surface area contributed by atoms with Crippen LogP contribution in [-0.2, 0) is 19.6 Å². The second kappa shape index (κ2) is 3.80. The first kappa shape index (κ1) is 12.5. The van der Waals surface area contributed by atoms with Gasteiger partial charge in [-0.05, 0) is 33.1 Å². The van der Waals surface area contributed by atoms with Crippen molar-refractivity contribution in [3.63, 3.8) is 0 Å². The van der Waals surface area contributed by atoms with Gasteiger partial charge in [0.05, 0.1) is 0 Å². The number of nitrogens with zero attached hydrogens (tertiary/aromatic N) is 1. The SMILES string of the molecule is CC1(C)C(=O)N(CCC2CCCC2=O)S1(=O)=O. The van der Waals surface area contributed by atoms with Crippen LogP contribution in [0.4, 0.5) is 0 Å². The summed E-state index contributed by atoms with van der Waals surface area (Å²) in [6.45, 7) is 2.99. The molecule has 96 valence electrons. The van der Waals surface area contributed by atoms with E-state index in [-0.39, 0.29) is 24.2 Å². The average Bonchev–Trinajstić information content (AvgIpc) is 2.63. The third kappa shape index (κ3) is 1.69. The Bertz CT molecular complexity index is 466. The van der Waals surface area contributed by atoms with Crippen molar-refractivity contribution in [2.75, 3.05) is 6.54 Å². The van der Waals surface area contributed by atoms with Crippen molar-refractivity contribution >= 4 is 21.7 Å². The monoisotopic (exact) mass is 259 g/mol. The number of amides is 1. The van der Waals surface area contributed by atoms with Gasteiger partial charge in [0, 0.05) is 18.9 Å². The van der Waals surface area contributed by atoms with E-state index in [9.17, 15) is 18.0 Å². The molecular weight excluding hydrogens is 242 g/mol. The molecule has 1 aliphatic heterocycles. The molecule has 1 amide bonds. The van der Waals surface area contributed by atoms with Gasteiger partial charge in [0.2, 0.25) is 0 Å². The minimum atomic E-state index is -3.49. The maximum absolute atomic E-state index is 11.8. The van der Waals surface area contributed by atoms with Crippen LogP contribution in [-0.4, -0.2) is 35.7 Å². The fourth-order valence-corrected chi connectivity index (χ4v) is 3.99. The van der Waals surface area contributed by atoms with Crippen molar-refractivity contribution in [2.24, 2.45) is 5.92 Å². The summed E-state index contributed by atoms with van der Waals surface area (Å²) in [6, 6.07) is 0. The summed E-state index contributed by atoms with van der Waals surface area (Å²) in [7, 11) is -3.49. The van der Waals surface area contributed by atoms with Gasteiger partial charge in [0.25, 0.3) is 15.9 Å². The summed E-state index contributed by atoms with van der Waals surface area (Å²) in [5.74, 6) is -0.209. The highest BCUT2D eigenvalue weighted by Crippen LogP contribution is 2.36. The van der Waals surface area contributed by atoms with E-state index in [1.54, 1.807) is 0 Å². The summed E-state index contributed by atoms with van der Waals surface area (Å²) in [5, 5.41) is 0. The van der Waals surface area contributed by atoms with E-state index in [2.05, 4.69) is 0 Å². The maximum atomic E-state index is 11.8. The van der Waals surface area contributed by atoms with Gasteiger partial charge in [-0.15, -0.1) is 0 Å². The highest BCUT2D eigenvalue weighted by Gasteiger charge is 2.59. The Morgan fingerprint density at radius 1 is 1.35 bits per heavy atom. The Morgan fingerprint density at radius 3 is 2.47 bits per heavy atom. The standard InChI is InChI=1S/C11H17NO4S/c1-11(2)10(14)12(17(11,15)16)7-6-8-4-3-5-9(8)13/h8H,3-7H2,1-2H3. The van der Waals surface area contributed by atoms with Gasteiger partial charge in [0.15, 0.2) is 4.75 Å². The van der Waals surface area contributed by atoms with Crippen LogP contribution >= 0.6 is 0 Å². The topological polar surface area (TPSA) is 71.5 Å². The summed E-state index contributed by atoms with van der Waals surface area (Å²) >= 11 is 0. The van der Waals surface area contributed by atoms with Gasteiger partial charge in [-0.25, -0.2) is 12.7 Å². The fourth-order valence-electron chi connectivity index (χ4n) is 2.44. The molecule has 17 heavy (non-hydrogen) atoms. The van der Waals surface area contributed by atoms with Crippen LogP contribution in [0.5, 0.6) is 0 Å². The normalized spacial score (nSPS) is 30.5. The number of carbonyl (C=O) groups is 2. The van der Waals surface area contributed by atoms with Gasteiger partial charge in [0.1, 0.15) is 5.78 Å². The molecule has 1 unspecified atom stereocenters. The molecule has 2 aliphatic rings. The van der Waals surface area contributed by atoms with Gasteiger partial charge >= 0.3 is 0 Å². The van der Waals surface area contributed by atoms with Crippen LogP contribution in [0, 0.1) is 5.92 Å². The molecule has 0 spiro atoms. The predicted octanol–water partition coefficient (Wildman–Crippen LogP) is 0.696. The fraction of sp³-hybridized carbons (Fsp3) is 0.818. The van der Waals surface area contributed by atoms with E-state index in [1.807, 2.05) is 0 Å². The Morgan fingerprint density at radius 2 is 2.00 bits per heavy atom. The first-order valence-electron chi connectivity index (χ1n) is 5.88. The summed E-state index contributed by atoms with van der Waals surface area (Å²) in [4.78, 5) is 23.1. The zero-order chi connectivity index (χ0) is 12.8. The van der Waals surface area contributed by atoms with Crippen molar-refractivity contribution in [2.45, 2.75) is 44.3 Å². The number of hydrogen-bond donors (Lipinski definition) is 0. The summed E-state index contributed by atoms with van der Waals surface area (Å²) in [5.41, 5.74) is 0. The van der Waals surface area contributed by atoms with Crippen LogP contribution in [0.3, 0.4) is 0 Å². The van der Waals surface area contributed by atoms with Gasteiger partial charge in [-0.1, -0.05) is 0 Å². The molecule has 0 N–H and O–H groups in total. The number of hydrogen-bond acceptors (Lipinski definition) is 4. The van der Waals surface area contributed by atoms with Crippen molar-refractivity contribution in [1.82, 2.24) is 4.31 Å². The van der Waals surface area contributed by atoms with E-state index in [0.717, 1.165) is 17.1 Å². The molecule has 1 aliphatic carbocycles. The molecule has 6 heteroatoms. The summed E-state index contributed by atoms with van der Waals surface area (Å²) < 4.78 is 23.2. The van der Waals surface area contributed by atoms with E-state index in [4.69, 9.17) is 0 Å². The molecule has 0 aromatic carbocycles. The first-order valence-corrected chi connectivity index (χ1v) is 7.32. The first-order chi connectivity index (χ1) is 7.78. The quantitative estimate of drug-likeness (QED) is 0.748. The minimum absolute atomic E-state index is 0.0540. The van der Waals surface area contributed by atoms with Crippen LogP contribution in [0.1, 0.15) is 39.5 Å². The Kier molecular flexibility index (Phi) is 2.80. The second-order valence-electron chi connectivity index (χ2n) is 5.24. The lowest BCUT2D eigenvalue weighted by molar-refractivity contribution is -0.132. The molecule has 0 radical (unpaired) electrons. The molecular formula is C11H17NO4S. The number of carbonyl (C=O) groups excluding carboxylic acids is 2. The number of Topliss-reactive ketones (excluding diaryl/α,β-unsaturated/α-hetero) is 1. The van der Waals surface area contributed by atoms with Crippen molar-refractivity contribution < 1.29 is 18.0 Å². The molecule has 1 saturated heterocycles. The molecule has 5 nitrogen and oxygen atoms in total. The molecule has 1 saturated carbocycles. The number of ketones is 1.